The first kappa shape index (κ1) is 17.1. The largest absolute Gasteiger partial charge is 0.397 e. The van der Waals surface area contributed by atoms with E-state index in [1.165, 1.54) is 25.9 Å². The molecule has 0 aromatic carbocycles. The lowest BCUT2D eigenvalue weighted by Gasteiger charge is -2.30. The molecule has 0 aromatic rings. The van der Waals surface area contributed by atoms with E-state index in [9.17, 15) is 0 Å². The highest BCUT2D eigenvalue weighted by molar-refractivity contribution is 6.44. The summed E-state index contributed by atoms with van der Waals surface area (Å²) < 4.78 is 11.5. The van der Waals surface area contributed by atoms with Gasteiger partial charge in [-0.1, -0.05) is 13.8 Å². The van der Waals surface area contributed by atoms with Gasteiger partial charge >= 0.3 is 9.28 Å². The highest BCUT2D eigenvalue weighted by Gasteiger charge is 2.20. The van der Waals surface area contributed by atoms with Gasteiger partial charge in [0.1, 0.15) is 0 Å². The zero-order valence-electron chi connectivity index (χ0n) is 12.4. The van der Waals surface area contributed by atoms with Gasteiger partial charge in [0.15, 0.2) is 0 Å². The lowest BCUT2D eigenvalue weighted by atomic mass is 10.2. The van der Waals surface area contributed by atoms with Gasteiger partial charge in [-0.05, 0) is 46.7 Å². The molecule has 0 aliphatic carbocycles. The maximum atomic E-state index is 5.75. The summed E-state index contributed by atoms with van der Waals surface area (Å²) in [6, 6.07) is 1.69. The quantitative estimate of drug-likeness (QED) is 0.534. The second kappa shape index (κ2) is 11.2. The fourth-order valence-electron chi connectivity index (χ4n) is 2.11. The third kappa shape index (κ3) is 7.92. The van der Waals surface area contributed by atoms with Crippen molar-refractivity contribution in [2.24, 2.45) is 0 Å². The van der Waals surface area contributed by atoms with E-state index >= 15 is 0 Å². The molecule has 0 aromatic heterocycles. The molecule has 17 heavy (non-hydrogen) atoms. The molecule has 0 saturated carbocycles. The molecule has 4 heteroatoms. The normalized spacial score (nSPS) is 13.6. The van der Waals surface area contributed by atoms with Crippen molar-refractivity contribution < 1.29 is 8.85 Å². The summed E-state index contributed by atoms with van der Waals surface area (Å²) in [5, 5.41) is 0. The molecule has 0 N–H and O–H groups in total. The summed E-state index contributed by atoms with van der Waals surface area (Å²) in [5.41, 5.74) is 0. The maximum Gasteiger partial charge on any atom is 0.322 e. The molecule has 0 amide bonds. The standard InChI is InChI=1S/C13H31NO2Si/c1-6-10-14(11-7-2)13(5)12-17(15-8-3)16-9-4/h13,17H,6-12H2,1-5H3. The van der Waals surface area contributed by atoms with Crippen LogP contribution in [0.4, 0.5) is 0 Å². The molecule has 1 unspecified atom stereocenters. The molecule has 0 heterocycles. The fourth-order valence-corrected chi connectivity index (χ4v) is 4.08. The molecule has 0 saturated heterocycles. The first-order valence-corrected chi connectivity index (χ1v) is 8.92. The molecule has 3 nitrogen and oxygen atoms in total. The van der Waals surface area contributed by atoms with Crippen LogP contribution in [0.5, 0.6) is 0 Å². The van der Waals surface area contributed by atoms with E-state index in [1.807, 2.05) is 0 Å². The fraction of sp³-hybridized carbons (Fsp3) is 1.00. The van der Waals surface area contributed by atoms with E-state index in [4.69, 9.17) is 8.85 Å². The van der Waals surface area contributed by atoms with E-state index in [0.29, 0.717) is 6.04 Å². The van der Waals surface area contributed by atoms with Gasteiger partial charge in [-0.25, -0.2) is 0 Å². The maximum absolute atomic E-state index is 5.75. The Morgan fingerprint density at radius 1 is 0.941 bits per heavy atom. The Labute approximate surface area is 109 Å². The summed E-state index contributed by atoms with van der Waals surface area (Å²) in [6.45, 7) is 14.9. The Morgan fingerprint density at radius 3 is 1.76 bits per heavy atom. The third-order valence-corrected chi connectivity index (χ3v) is 5.36. The van der Waals surface area contributed by atoms with Gasteiger partial charge in [0.25, 0.3) is 0 Å². The Kier molecular flexibility index (Phi) is 11.3. The van der Waals surface area contributed by atoms with Crippen molar-refractivity contribution in [1.29, 1.82) is 0 Å². The van der Waals surface area contributed by atoms with Gasteiger partial charge in [0, 0.05) is 25.3 Å². The van der Waals surface area contributed by atoms with Gasteiger partial charge in [0.2, 0.25) is 0 Å². The van der Waals surface area contributed by atoms with E-state index in [2.05, 4.69) is 39.5 Å². The van der Waals surface area contributed by atoms with Crippen LogP contribution in [0, 0.1) is 0 Å². The topological polar surface area (TPSA) is 21.7 Å². The molecule has 0 spiro atoms. The lowest BCUT2D eigenvalue weighted by Crippen LogP contribution is -2.39. The Balaban J connectivity index is 4.16. The number of hydrogen-bond acceptors (Lipinski definition) is 3. The van der Waals surface area contributed by atoms with Crippen molar-refractivity contribution in [2.75, 3.05) is 26.3 Å². The van der Waals surface area contributed by atoms with Crippen LogP contribution in [0.2, 0.25) is 6.04 Å². The number of hydrogen-bond donors (Lipinski definition) is 0. The summed E-state index contributed by atoms with van der Waals surface area (Å²) in [4.78, 5) is 2.57. The van der Waals surface area contributed by atoms with Gasteiger partial charge in [-0.3, -0.25) is 0 Å². The van der Waals surface area contributed by atoms with Crippen LogP contribution in [-0.4, -0.2) is 46.5 Å². The van der Waals surface area contributed by atoms with Crippen molar-refractivity contribution in [1.82, 2.24) is 4.90 Å². The van der Waals surface area contributed by atoms with Gasteiger partial charge in [-0.15, -0.1) is 0 Å². The summed E-state index contributed by atoms with van der Waals surface area (Å²) in [7, 11) is -1.44. The van der Waals surface area contributed by atoms with Crippen LogP contribution in [0.1, 0.15) is 47.5 Å². The molecule has 1 atom stereocenters. The van der Waals surface area contributed by atoms with E-state index in [-0.39, 0.29) is 0 Å². The molecular formula is C13H31NO2Si. The molecular weight excluding hydrogens is 230 g/mol. The van der Waals surface area contributed by atoms with Crippen LogP contribution < -0.4 is 0 Å². The Morgan fingerprint density at radius 2 is 1.41 bits per heavy atom. The zero-order chi connectivity index (χ0) is 13.1. The SMILES string of the molecule is CCCN(CCC)C(C)C[SiH](OCC)OCC. The highest BCUT2D eigenvalue weighted by Crippen LogP contribution is 2.11. The van der Waals surface area contributed by atoms with Crippen LogP contribution >= 0.6 is 0 Å². The Bertz CT molecular complexity index is 157. The van der Waals surface area contributed by atoms with E-state index in [1.54, 1.807) is 0 Å². The molecule has 0 bridgehead atoms. The van der Waals surface area contributed by atoms with Crippen LogP contribution in [0.15, 0.2) is 0 Å². The van der Waals surface area contributed by atoms with Crippen LogP contribution in [-0.2, 0) is 8.85 Å². The monoisotopic (exact) mass is 261 g/mol. The first-order chi connectivity index (χ1) is 8.19. The molecule has 0 aliphatic rings. The average molecular weight is 261 g/mol. The van der Waals surface area contributed by atoms with Gasteiger partial charge in [0.05, 0.1) is 0 Å². The molecule has 0 fully saturated rings. The average Bonchev–Trinajstić information content (AvgIpc) is 2.29. The van der Waals surface area contributed by atoms with Crippen molar-refractivity contribution in [2.45, 2.75) is 59.5 Å². The summed E-state index contributed by atoms with van der Waals surface area (Å²) in [5.74, 6) is 0. The minimum Gasteiger partial charge on any atom is -0.397 e. The minimum atomic E-state index is -1.44. The van der Waals surface area contributed by atoms with Crippen molar-refractivity contribution in [3.8, 4) is 0 Å². The second-order valence-corrected chi connectivity index (χ2v) is 6.46. The Hall–Kier alpha value is 0.0969. The predicted molar refractivity (Wildman–Crippen MR) is 76.8 cm³/mol. The molecule has 0 radical (unpaired) electrons. The minimum absolute atomic E-state index is 0.588. The molecule has 104 valence electrons. The predicted octanol–water partition coefficient (Wildman–Crippen LogP) is 2.79. The molecule has 0 aliphatic heterocycles. The third-order valence-electron chi connectivity index (χ3n) is 2.88. The van der Waals surface area contributed by atoms with Crippen LogP contribution in [0.3, 0.4) is 0 Å². The first-order valence-electron chi connectivity index (χ1n) is 7.16. The van der Waals surface area contributed by atoms with Crippen molar-refractivity contribution >= 4 is 9.28 Å². The lowest BCUT2D eigenvalue weighted by molar-refractivity contribution is 0.181. The van der Waals surface area contributed by atoms with Gasteiger partial charge in [-0.2, -0.15) is 0 Å². The van der Waals surface area contributed by atoms with E-state index in [0.717, 1.165) is 19.3 Å². The second-order valence-electron chi connectivity index (χ2n) is 4.46. The highest BCUT2D eigenvalue weighted by atomic mass is 28.3. The number of rotatable bonds is 11. The number of nitrogens with zero attached hydrogens (tertiary/aromatic N) is 1. The van der Waals surface area contributed by atoms with Crippen LogP contribution in [0.25, 0.3) is 0 Å². The summed E-state index contributed by atoms with van der Waals surface area (Å²) in [6.07, 6.45) is 2.44. The zero-order valence-corrected chi connectivity index (χ0v) is 13.5. The van der Waals surface area contributed by atoms with Crippen molar-refractivity contribution in [3.63, 3.8) is 0 Å². The van der Waals surface area contributed by atoms with Crippen molar-refractivity contribution in [3.05, 3.63) is 0 Å². The van der Waals surface area contributed by atoms with E-state index < -0.39 is 9.28 Å². The molecule has 0 rings (SSSR count). The smallest absolute Gasteiger partial charge is 0.322 e. The van der Waals surface area contributed by atoms with Gasteiger partial charge < -0.3 is 13.8 Å². The summed E-state index contributed by atoms with van der Waals surface area (Å²) >= 11 is 0.